The van der Waals surface area contributed by atoms with Crippen LogP contribution in [0.15, 0.2) is 60.9 Å². The standard InChI is InChI=1S/C21H22FN3O/c1-15(17-4-6-20(22)7-5-17)25(11-9-23)21(26)13-16-2-3-19-14-24-10-8-18(19)12-16/h2-8,10,12,14-15H,9,11,13,23H2,1H3. The first-order valence-corrected chi connectivity index (χ1v) is 8.66. The van der Waals surface area contributed by atoms with E-state index < -0.39 is 0 Å². The number of nitrogens with zero attached hydrogens (tertiary/aromatic N) is 2. The predicted molar refractivity (Wildman–Crippen MR) is 101 cm³/mol. The van der Waals surface area contributed by atoms with Gasteiger partial charge in [-0.15, -0.1) is 0 Å². The van der Waals surface area contributed by atoms with Gasteiger partial charge < -0.3 is 10.6 Å². The van der Waals surface area contributed by atoms with Gasteiger partial charge in [-0.2, -0.15) is 0 Å². The number of fused-ring (bicyclic) bond motifs is 1. The van der Waals surface area contributed by atoms with Crippen LogP contribution >= 0.6 is 0 Å². The molecule has 2 aromatic carbocycles. The Labute approximate surface area is 152 Å². The Morgan fingerprint density at radius 3 is 2.65 bits per heavy atom. The minimum Gasteiger partial charge on any atom is -0.334 e. The first kappa shape index (κ1) is 18.0. The fourth-order valence-electron chi connectivity index (χ4n) is 3.11. The number of carbonyl (C=O) groups is 1. The summed E-state index contributed by atoms with van der Waals surface area (Å²) in [4.78, 5) is 18.8. The zero-order chi connectivity index (χ0) is 18.5. The van der Waals surface area contributed by atoms with Crippen molar-refractivity contribution in [3.8, 4) is 0 Å². The maximum atomic E-state index is 13.2. The van der Waals surface area contributed by atoms with E-state index in [-0.39, 0.29) is 17.8 Å². The van der Waals surface area contributed by atoms with Gasteiger partial charge in [0.25, 0.3) is 0 Å². The number of hydrogen-bond donors (Lipinski definition) is 1. The summed E-state index contributed by atoms with van der Waals surface area (Å²) in [6.45, 7) is 2.77. The van der Waals surface area contributed by atoms with Crippen LogP contribution in [0.25, 0.3) is 10.8 Å². The van der Waals surface area contributed by atoms with E-state index >= 15 is 0 Å². The maximum absolute atomic E-state index is 13.2. The third-order valence-corrected chi connectivity index (χ3v) is 4.57. The summed E-state index contributed by atoms with van der Waals surface area (Å²) in [6, 6.07) is 13.9. The van der Waals surface area contributed by atoms with Crippen molar-refractivity contribution >= 4 is 16.7 Å². The monoisotopic (exact) mass is 351 g/mol. The van der Waals surface area contributed by atoms with Crippen LogP contribution in [0, 0.1) is 5.82 Å². The number of pyridine rings is 1. The Bertz CT molecular complexity index is 895. The van der Waals surface area contributed by atoms with E-state index in [1.54, 1.807) is 29.4 Å². The Morgan fingerprint density at radius 2 is 1.92 bits per heavy atom. The van der Waals surface area contributed by atoms with Crippen molar-refractivity contribution in [2.75, 3.05) is 13.1 Å². The second-order valence-corrected chi connectivity index (χ2v) is 6.34. The molecule has 2 N–H and O–H groups in total. The van der Waals surface area contributed by atoms with E-state index in [1.807, 2.05) is 31.2 Å². The quantitative estimate of drug-likeness (QED) is 0.740. The molecule has 5 heteroatoms. The molecule has 1 atom stereocenters. The summed E-state index contributed by atoms with van der Waals surface area (Å²) in [6.07, 6.45) is 3.84. The van der Waals surface area contributed by atoms with Crippen LogP contribution < -0.4 is 5.73 Å². The molecule has 0 aliphatic rings. The van der Waals surface area contributed by atoms with E-state index in [0.717, 1.165) is 21.9 Å². The van der Waals surface area contributed by atoms with E-state index in [0.29, 0.717) is 19.5 Å². The second kappa shape index (κ2) is 8.06. The lowest BCUT2D eigenvalue weighted by molar-refractivity contribution is -0.132. The Kier molecular flexibility index (Phi) is 5.58. The Morgan fingerprint density at radius 1 is 1.15 bits per heavy atom. The fraction of sp³-hybridized carbons (Fsp3) is 0.238. The van der Waals surface area contributed by atoms with Crippen LogP contribution in [-0.2, 0) is 11.2 Å². The molecule has 0 aliphatic carbocycles. The van der Waals surface area contributed by atoms with Crippen LogP contribution in [0.1, 0.15) is 24.1 Å². The highest BCUT2D eigenvalue weighted by Crippen LogP contribution is 2.22. The largest absolute Gasteiger partial charge is 0.334 e. The van der Waals surface area contributed by atoms with Gasteiger partial charge in [-0.25, -0.2) is 4.39 Å². The van der Waals surface area contributed by atoms with Crippen molar-refractivity contribution in [2.45, 2.75) is 19.4 Å². The van der Waals surface area contributed by atoms with Crippen molar-refractivity contribution < 1.29 is 9.18 Å². The summed E-state index contributed by atoms with van der Waals surface area (Å²) in [5, 5.41) is 2.10. The van der Waals surface area contributed by atoms with Crippen LogP contribution in [0.3, 0.4) is 0 Å². The zero-order valence-electron chi connectivity index (χ0n) is 14.7. The predicted octanol–water partition coefficient (Wildman–Crippen LogP) is 3.46. The van der Waals surface area contributed by atoms with Crippen molar-refractivity contribution in [3.05, 3.63) is 77.9 Å². The lowest BCUT2D eigenvalue weighted by Crippen LogP contribution is -2.38. The highest BCUT2D eigenvalue weighted by atomic mass is 19.1. The molecule has 1 amide bonds. The molecule has 1 heterocycles. The molecule has 134 valence electrons. The van der Waals surface area contributed by atoms with Crippen molar-refractivity contribution in [2.24, 2.45) is 5.73 Å². The normalized spacial score (nSPS) is 12.1. The summed E-state index contributed by atoms with van der Waals surface area (Å²) in [5.41, 5.74) is 7.55. The van der Waals surface area contributed by atoms with Crippen LogP contribution in [-0.4, -0.2) is 28.9 Å². The molecule has 0 spiro atoms. The van der Waals surface area contributed by atoms with Crippen LogP contribution in [0.4, 0.5) is 4.39 Å². The first-order valence-electron chi connectivity index (χ1n) is 8.66. The second-order valence-electron chi connectivity index (χ2n) is 6.34. The number of aromatic nitrogens is 1. The molecule has 0 aliphatic heterocycles. The lowest BCUT2D eigenvalue weighted by atomic mass is 10.0. The molecule has 0 radical (unpaired) electrons. The van der Waals surface area contributed by atoms with Gasteiger partial charge >= 0.3 is 0 Å². The summed E-state index contributed by atoms with van der Waals surface area (Å²) < 4.78 is 13.2. The van der Waals surface area contributed by atoms with Gasteiger partial charge in [0, 0.05) is 30.9 Å². The number of rotatable bonds is 6. The van der Waals surface area contributed by atoms with Crippen molar-refractivity contribution in [1.29, 1.82) is 0 Å². The zero-order valence-corrected chi connectivity index (χ0v) is 14.7. The topological polar surface area (TPSA) is 59.2 Å². The third-order valence-electron chi connectivity index (χ3n) is 4.57. The SMILES string of the molecule is CC(c1ccc(F)cc1)N(CCN)C(=O)Cc1ccc2cnccc2c1. The highest BCUT2D eigenvalue weighted by molar-refractivity contribution is 5.85. The van der Waals surface area contributed by atoms with E-state index in [2.05, 4.69) is 4.98 Å². The van der Waals surface area contributed by atoms with E-state index in [4.69, 9.17) is 5.73 Å². The number of carbonyl (C=O) groups excluding carboxylic acids is 1. The number of nitrogens with two attached hydrogens (primary N) is 1. The van der Waals surface area contributed by atoms with Gasteiger partial charge in [0.05, 0.1) is 12.5 Å². The van der Waals surface area contributed by atoms with Crippen LogP contribution in [0.5, 0.6) is 0 Å². The average Bonchev–Trinajstić information content (AvgIpc) is 2.66. The molecule has 0 saturated heterocycles. The van der Waals surface area contributed by atoms with Gasteiger partial charge in [0.15, 0.2) is 0 Å². The molecule has 3 aromatic rings. The van der Waals surface area contributed by atoms with Gasteiger partial charge in [0.1, 0.15) is 5.82 Å². The van der Waals surface area contributed by atoms with E-state index in [1.165, 1.54) is 12.1 Å². The number of halogens is 1. The van der Waals surface area contributed by atoms with Gasteiger partial charge in [-0.1, -0.05) is 30.3 Å². The van der Waals surface area contributed by atoms with E-state index in [9.17, 15) is 9.18 Å². The van der Waals surface area contributed by atoms with Crippen LogP contribution in [0.2, 0.25) is 0 Å². The number of amides is 1. The van der Waals surface area contributed by atoms with Crippen molar-refractivity contribution in [1.82, 2.24) is 9.88 Å². The molecular formula is C21H22FN3O. The molecule has 0 bridgehead atoms. The summed E-state index contributed by atoms with van der Waals surface area (Å²) in [7, 11) is 0. The van der Waals surface area contributed by atoms with Crippen molar-refractivity contribution in [3.63, 3.8) is 0 Å². The number of benzene rings is 2. The molecule has 1 aromatic heterocycles. The maximum Gasteiger partial charge on any atom is 0.227 e. The molecule has 0 saturated carbocycles. The van der Waals surface area contributed by atoms with Gasteiger partial charge in [0.2, 0.25) is 5.91 Å². The molecule has 0 fully saturated rings. The Hall–Kier alpha value is -2.79. The van der Waals surface area contributed by atoms with Gasteiger partial charge in [-0.05, 0) is 41.6 Å². The fourth-order valence-corrected chi connectivity index (χ4v) is 3.11. The number of hydrogen-bond acceptors (Lipinski definition) is 3. The molecule has 1 unspecified atom stereocenters. The molecule has 4 nitrogen and oxygen atoms in total. The smallest absolute Gasteiger partial charge is 0.227 e. The lowest BCUT2D eigenvalue weighted by Gasteiger charge is -2.29. The molecule has 26 heavy (non-hydrogen) atoms. The summed E-state index contributed by atoms with van der Waals surface area (Å²) in [5.74, 6) is -0.288. The highest BCUT2D eigenvalue weighted by Gasteiger charge is 2.21. The summed E-state index contributed by atoms with van der Waals surface area (Å²) >= 11 is 0. The molecular weight excluding hydrogens is 329 g/mol. The third kappa shape index (κ3) is 4.06. The molecule has 3 rings (SSSR count). The minimum atomic E-state index is -0.289. The average molecular weight is 351 g/mol. The minimum absolute atomic E-state index is 0.000631. The van der Waals surface area contributed by atoms with Gasteiger partial charge in [-0.3, -0.25) is 9.78 Å². The first-order chi connectivity index (χ1) is 12.6. The Balaban J connectivity index is 1.79.